The van der Waals surface area contributed by atoms with Crippen molar-refractivity contribution in [2.24, 2.45) is 0 Å². The van der Waals surface area contributed by atoms with Gasteiger partial charge in [-0.2, -0.15) is 13.2 Å². The number of aromatic nitrogens is 1. The molecule has 0 aliphatic carbocycles. The molecule has 0 bridgehead atoms. The van der Waals surface area contributed by atoms with E-state index in [0.29, 0.717) is 38.9 Å². The molecule has 1 atom stereocenters. The largest absolute Gasteiger partial charge is 0.416 e. The molecule has 1 unspecified atom stereocenters. The fourth-order valence-corrected chi connectivity index (χ4v) is 5.47. The van der Waals surface area contributed by atoms with Gasteiger partial charge in [0.15, 0.2) is 0 Å². The number of carbonyl (C=O) groups excluding carboxylic acids is 2. The smallest absolute Gasteiger partial charge is 0.385 e. The zero-order chi connectivity index (χ0) is 26.4. The van der Waals surface area contributed by atoms with Gasteiger partial charge in [0.2, 0.25) is 11.8 Å². The van der Waals surface area contributed by atoms with E-state index < -0.39 is 23.3 Å². The van der Waals surface area contributed by atoms with Crippen molar-refractivity contribution in [3.8, 4) is 0 Å². The lowest BCUT2D eigenvalue weighted by Crippen LogP contribution is -2.42. The average Bonchev–Trinajstić information content (AvgIpc) is 2.85. The summed E-state index contributed by atoms with van der Waals surface area (Å²) in [4.78, 5) is 30.6. The van der Waals surface area contributed by atoms with E-state index in [1.165, 1.54) is 12.1 Å². The summed E-state index contributed by atoms with van der Waals surface area (Å²) in [6.45, 7) is 3.66. The van der Waals surface area contributed by atoms with Crippen LogP contribution in [0.25, 0.3) is 10.9 Å². The number of aliphatic hydroxyl groups is 1. The molecule has 2 amide bonds. The third kappa shape index (κ3) is 5.10. The van der Waals surface area contributed by atoms with Crippen molar-refractivity contribution in [2.75, 3.05) is 13.1 Å². The van der Waals surface area contributed by atoms with Crippen LogP contribution in [0.5, 0.6) is 0 Å². The number of halogens is 3. The van der Waals surface area contributed by atoms with Crippen LogP contribution in [0.4, 0.5) is 13.2 Å². The van der Waals surface area contributed by atoms with Crippen LogP contribution in [0.3, 0.4) is 0 Å². The summed E-state index contributed by atoms with van der Waals surface area (Å²) in [6, 6.07) is 10.9. The number of likely N-dealkylation sites (tertiary alicyclic amines) is 1. The lowest BCUT2D eigenvalue weighted by atomic mass is 9.80. The minimum absolute atomic E-state index is 0.264. The van der Waals surface area contributed by atoms with E-state index in [2.05, 4.69) is 15.2 Å². The monoisotopic (exact) mass is 511 g/mol. The normalized spacial score (nSPS) is 20.7. The Morgan fingerprint density at radius 2 is 1.81 bits per heavy atom. The number of piperidine rings is 2. The molecule has 2 aromatic carbocycles. The second-order valence-electron chi connectivity index (χ2n) is 10.1. The molecule has 3 heterocycles. The highest BCUT2D eigenvalue weighted by Gasteiger charge is 2.36. The van der Waals surface area contributed by atoms with Crippen molar-refractivity contribution in [1.29, 1.82) is 0 Å². The summed E-state index contributed by atoms with van der Waals surface area (Å²) >= 11 is 0. The highest BCUT2D eigenvalue weighted by Crippen LogP contribution is 2.38. The van der Waals surface area contributed by atoms with Gasteiger partial charge in [0, 0.05) is 37.6 Å². The molecule has 194 valence electrons. The van der Waals surface area contributed by atoms with Crippen LogP contribution in [0.2, 0.25) is 0 Å². The molecular weight excluding hydrogens is 483 g/mol. The van der Waals surface area contributed by atoms with Crippen LogP contribution < -0.4 is 5.32 Å². The number of benzene rings is 2. The van der Waals surface area contributed by atoms with Crippen LogP contribution in [-0.2, 0) is 27.9 Å². The first-order valence-corrected chi connectivity index (χ1v) is 12.4. The lowest BCUT2D eigenvalue weighted by Gasteiger charge is -2.39. The van der Waals surface area contributed by atoms with Crippen molar-refractivity contribution in [1.82, 2.24) is 15.2 Å². The molecule has 0 spiro atoms. The molecular formula is C28H28F3N3O3. The molecule has 0 saturated carbocycles. The van der Waals surface area contributed by atoms with Gasteiger partial charge in [-0.05, 0) is 72.7 Å². The number of hydrogen-bond donors (Lipinski definition) is 2. The van der Waals surface area contributed by atoms with Crippen LogP contribution in [-0.4, -0.2) is 39.9 Å². The summed E-state index contributed by atoms with van der Waals surface area (Å²) in [5.74, 6) is -1.01. The van der Waals surface area contributed by atoms with Gasteiger partial charge < -0.3 is 5.11 Å². The highest BCUT2D eigenvalue weighted by molar-refractivity contribution is 6.01. The standard InChI is InChI=1S/C28H28F3N3O3/c1-17-22-14-19(21-6-9-25(35)33-26(21)36)15-32-24(22)8-7-23(17)27(37)10-12-34(13-11-27)16-18-2-4-20(5-3-18)28(29,30)31/h2-5,7-8,14-15,21,37H,6,9-13,16H2,1H3,(H,33,35,36). The first kappa shape index (κ1) is 25.4. The second-order valence-corrected chi connectivity index (χ2v) is 10.1. The number of imide groups is 1. The Labute approximate surface area is 212 Å². The first-order chi connectivity index (χ1) is 17.5. The molecule has 6 nitrogen and oxygen atoms in total. The predicted molar refractivity (Wildman–Crippen MR) is 131 cm³/mol. The van der Waals surface area contributed by atoms with Gasteiger partial charge in [0.05, 0.1) is 22.6 Å². The molecule has 2 fully saturated rings. The summed E-state index contributed by atoms with van der Waals surface area (Å²) < 4.78 is 38.5. The average molecular weight is 512 g/mol. The van der Waals surface area contributed by atoms with Gasteiger partial charge >= 0.3 is 6.18 Å². The van der Waals surface area contributed by atoms with Crippen LogP contribution >= 0.6 is 0 Å². The third-order valence-corrected chi connectivity index (χ3v) is 7.67. The van der Waals surface area contributed by atoms with Crippen molar-refractivity contribution >= 4 is 22.7 Å². The molecule has 2 aliphatic rings. The molecule has 2 saturated heterocycles. The SMILES string of the molecule is Cc1c(C2(O)CCN(Cc3ccc(C(F)(F)F)cc3)CC2)ccc2ncc(C3CCC(=O)NC3=O)cc12. The summed E-state index contributed by atoms with van der Waals surface area (Å²) in [5, 5.41) is 14.9. The fraction of sp³-hybridized carbons (Fsp3) is 0.393. The van der Waals surface area contributed by atoms with Gasteiger partial charge in [-0.15, -0.1) is 0 Å². The molecule has 3 aromatic rings. The topological polar surface area (TPSA) is 82.5 Å². The maximum Gasteiger partial charge on any atom is 0.416 e. The van der Waals surface area contributed by atoms with Gasteiger partial charge in [-0.1, -0.05) is 18.2 Å². The molecule has 2 aliphatic heterocycles. The Balaban J connectivity index is 1.32. The quantitative estimate of drug-likeness (QED) is 0.502. The number of nitrogens with one attached hydrogen (secondary N) is 1. The molecule has 9 heteroatoms. The minimum atomic E-state index is -4.35. The van der Waals surface area contributed by atoms with Gasteiger partial charge in [-0.3, -0.25) is 24.8 Å². The van der Waals surface area contributed by atoms with E-state index in [0.717, 1.165) is 45.3 Å². The van der Waals surface area contributed by atoms with E-state index in [1.807, 2.05) is 25.1 Å². The number of fused-ring (bicyclic) bond motifs is 1. The maximum absolute atomic E-state index is 12.8. The van der Waals surface area contributed by atoms with Gasteiger partial charge in [-0.25, -0.2) is 0 Å². The zero-order valence-electron chi connectivity index (χ0n) is 20.4. The number of rotatable bonds is 4. The minimum Gasteiger partial charge on any atom is -0.385 e. The summed E-state index contributed by atoms with van der Waals surface area (Å²) in [5.41, 5.74) is 2.32. The fourth-order valence-electron chi connectivity index (χ4n) is 5.47. The van der Waals surface area contributed by atoms with E-state index in [4.69, 9.17) is 0 Å². The number of alkyl halides is 3. The number of nitrogens with zero attached hydrogens (tertiary/aromatic N) is 2. The molecule has 5 rings (SSSR count). The predicted octanol–water partition coefficient (Wildman–Crippen LogP) is 4.57. The van der Waals surface area contributed by atoms with Crippen molar-refractivity contribution in [3.63, 3.8) is 0 Å². The van der Waals surface area contributed by atoms with E-state index in [-0.39, 0.29) is 18.2 Å². The van der Waals surface area contributed by atoms with Gasteiger partial charge in [0.1, 0.15) is 0 Å². The number of hydrogen-bond acceptors (Lipinski definition) is 5. The first-order valence-electron chi connectivity index (χ1n) is 12.4. The zero-order valence-corrected chi connectivity index (χ0v) is 20.4. The van der Waals surface area contributed by atoms with Crippen molar-refractivity contribution in [3.05, 3.63) is 76.5 Å². The Hall–Kier alpha value is -3.30. The lowest BCUT2D eigenvalue weighted by molar-refractivity contribution is -0.138. The molecule has 37 heavy (non-hydrogen) atoms. The molecule has 2 N–H and O–H groups in total. The molecule has 1 aromatic heterocycles. The number of amides is 2. The van der Waals surface area contributed by atoms with Gasteiger partial charge in [0.25, 0.3) is 0 Å². The third-order valence-electron chi connectivity index (χ3n) is 7.67. The van der Waals surface area contributed by atoms with Crippen LogP contribution in [0, 0.1) is 6.92 Å². The van der Waals surface area contributed by atoms with Crippen LogP contribution in [0.1, 0.15) is 59.4 Å². The Kier molecular flexibility index (Phi) is 6.53. The number of carbonyl (C=O) groups is 2. The van der Waals surface area contributed by atoms with E-state index >= 15 is 0 Å². The number of aryl methyl sites for hydroxylation is 1. The molecule has 0 radical (unpaired) electrons. The Bertz CT molecular complexity index is 1350. The Morgan fingerprint density at radius 3 is 2.46 bits per heavy atom. The van der Waals surface area contributed by atoms with E-state index in [1.54, 1.807) is 6.20 Å². The highest BCUT2D eigenvalue weighted by atomic mass is 19.4. The van der Waals surface area contributed by atoms with Crippen molar-refractivity contribution < 1.29 is 27.9 Å². The number of pyridine rings is 1. The van der Waals surface area contributed by atoms with Crippen molar-refractivity contribution in [2.45, 2.75) is 56.8 Å². The maximum atomic E-state index is 12.8. The summed E-state index contributed by atoms with van der Waals surface area (Å²) in [6.07, 6.45) is -0.974. The van der Waals surface area contributed by atoms with Crippen LogP contribution in [0.15, 0.2) is 48.7 Å². The second kappa shape index (κ2) is 9.54. The summed E-state index contributed by atoms with van der Waals surface area (Å²) in [7, 11) is 0. The van der Waals surface area contributed by atoms with E-state index in [9.17, 15) is 27.9 Å². The Morgan fingerprint density at radius 1 is 1.11 bits per heavy atom.